The summed E-state index contributed by atoms with van der Waals surface area (Å²) in [6.45, 7) is 1.00. The van der Waals surface area contributed by atoms with E-state index in [2.05, 4.69) is 5.32 Å². The lowest BCUT2D eigenvalue weighted by Gasteiger charge is -2.16. The predicted molar refractivity (Wildman–Crippen MR) is 57.0 cm³/mol. The van der Waals surface area contributed by atoms with E-state index in [1.165, 1.54) is 25.0 Å². The molecular weight excluding hydrogens is 193 g/mol. The topological polar surface area (TPSA) is 32.3 Å². The zero-order valence-electron chi connectivity index (χ0n) is 8.62. The van der Waals surface area contributed by atoms with Gasteiger partial charge in [-0.2, -0.15) is 0 Å². The normalized spacial score (nSPS) is 17.7. The quantitative estimate of drug-likeness (QED) is 0.775. The van der Waals surface area contributed by atoms with Crippen LogP contribution in [0.1, 0.15) is 24.4 Å². The maximum atomic E-state index is 12.7. The maximum absolute atomic E-state index is 12.7. The van der Waals surface area contributed by atoms with Crippen LogP contribution in [0.3, 0.4) is 0 Å². The Balaban J connectivity index is 1.94. The highest BCUT2D eigenvalue weighted by molar-refractivity contribution is 5.20. The molecule has 0 saturated heterocycles. The molecular formula is C12H16FNO. The molecule has 1 unspecified atom stereocenters. The molecule has 3 heteroatoms. The number of aliphatic hydroxyl groups is 1. The minimum Gasteiger partial charge on any atom is -0.394 e. The van der Waals surface area contributed by atoms with Crippen LogP contribution in [0.2, 0.25) is 0 Å². The first-order valence-corrected chi connectivity index (χ1v) is 5.39. The van der Waals surface area contributed by atoms with Gasteiger partial charge in [-0.1, -0.05) is 12.1 Å². The van der Waals surface area contributed by atoms with Crippen molar-refractivity contribution in [3.05, 3.63) is 35.6 Å². The monoisotopic (exact) mass is 209 g/mol. The first-order chi connectivity index (χ1) is 7.29. The number of hydrogen-bond acceptors (Lipinski definition) is 2. The van der Waals surface area contributed by atoms with Crippen molar-refractivity contribution >= 4 is 0 Å². The molecule has 15 heavy (non-hydrogen) atoms. The largest absolute Gasteiger partial charge is 0.394 e. The van der Waals surface area contributed by atoms with Gasteiger partial charge in [0.1, 0.15) is 5.82 Å². The lowest BCUT2D eigenvalue weighted by molar-refractivity contribution is 0.243. The highest BCUT2D eigenvalue weighted by Crippen LogP contribution is 2.28. The van der Waals surface area contributed by atoms with E-state index in [0.29, 0.717) is 0 Å². The van der Waals surface area contributed by atoms with E-state index in [4.69, 9.17) is 0 Å². The van der Waals surface area contributed by atoms with Crippen LogP contribution in [-0.2, 0) is 0 Å². The second kappa shape index (κ2) is 4.73. The van der Waals surface area contributed by atoms with Crippen LogP contribution in [0.25, 0.3) is 0 Å². The van der Waals surface area contributed by atoms with Crippen molar-refractivity contribution in [1.29, 1.82) is 0 Å². The summed E-state index contributed by atoms with van der Waals surface area (Å²) in [4.78, 5) is 0. The van der Waals surface area contributed by atoms with Crippen molar-refractivity contribution in [1.82, 2.24) is 5.32 Å². The third kappa shape index (κ3) is 3.01. The summed E-state index contributed by atoms with van der Waals surface area (Å²) in [7, 11) is 0. The number of aliphatic hydroxyl groups excluding tert-OH is 1. The van der Waals surface area contributed by atoms with Crippen molar-refractivity contribution in [3.63, 3.8) is 0 Å². The highest BCUT2D eigenvalue weighted by Gasteiger charge is 2.22. The molecule has 1 saturated carbocycles. The third-order valence-corrected chi connectivity index (χ3v) is 2.80. The second-order valence-electron chi connectivity index (χ2n) is 4.14. The molecule has 0 heterocycles. The van der Waals surface area contributed by atoms with Crippen molar-refractivity contribution in [2.45, 2.75) is 18.9 Å². The Kier molecular flexibility index (Phi) is 3.34. The van der Waals surface area contributed by atoms with Gasteiger partial charge in [0.2, 0.25) is 0 Å². The molecule has 82 valence electrons. The van der Waals surface area contributed by atoms with Gasteiger partial charge in [0.25, 0.3) is 0 Å². The van der Waals surface area contributed by atoms with E-state index < -0.39 is 0 Å². The average Bonchev–Trinajstić information content (AvgIpc) is 3.05. The molecule has 0 bridgehead atoms. The zero-order valence-corrected chi connectivity index (χ0v) is 8.62. The molecule has 0 radical (unpaired) electrons. The molecule has 1 atom stereocenters. The molecule has 1 fully saturated rings. The molecule has 0 aromatic heterocycles. The van der Waals surface area contributed by atoms with E-state index in [1.54, 1.807) is 12.1 Å². The Hall–Kier alpha value is -0.930. The van der Waals surface area contributed by atoms with Crippen LogP contribution >= 0.6 is 0 Å². The average molecular weight is 209 g/mol. The third-order valence-electron chi connectivity index (χ3n) is 2.80. The predicted octanol–water partition coefficient (Wildman–Crippen LogP) is 1.86. The molecule has 0 aliphatic heterocycles. The van der Waals surface area contributed by atoms with Crippen LogP contribution in [0, 0.1) is 11.7 Å². The minimum absolute atomic E-state index is 0.0539. The summed E-state index contributed by atoms with van der Waals surface area (Å²) in [6.07, 6.45) is 2.57. The zero-order chi connectivity index (χ0) is 10.7. The van der Waals surface area contributed by atoms with Crippen molar-refractivity contribution in [2.24, 2.45) is 5.92 Å². The first kappa shape index (κ1) is 10.6. The molecule has 0 spiro atoms. The van der Waals surface area contributed by atoms with Gasteiger partial charge in [0.15, 0.2) is 0 Å². The van der Waals surface area contributed by atoms with Gasteiger partial charge in [-0.3, -0.25) is 0 Å². The summed E-state index contributed by atoms with van der Waals surface area (Å²) < 4.78 is 12.7. The number of rotatable bonds is 5. The summed E-state index contributed by atoms with van der Waals surface area (Å²) in [5.41, 5.74) is 0.944. The fourth-order valence-corrected chi connectivity index (χ4v) is 1.61. The van der Waals surface area contributed by atoms with Crippen LogP contribution in [-0.4, -0.2) is 18.3 Å². The Morgan fingerprint density at radius 1 is 1.33 bits per heavy atom. The van der Waals surface area contributed by atoms with E-state index in [1.807, 2.05) is 0 Å². The van der Waals surface area contributed by atoms with Crippen molar-refractivity contribution in [3.8, 4) is 0 Å². The van der Waals surface area contributed by atoms with E-state index in [9.17, 15) is 9.50 Å². The first-order valence-electron chi connectivity index (χ1n) is 5.39. The van der Waals surface area contributed by atoms with E-state index in [-0.39, 0.29) is 18.5 Å². The van der Waals surface area contributed by atoms with E-state index in [0.717, 1.165) is 18.0 Å². The van der Waals surface area contributed by atoms with Crippen molar-refractivity contribution in [2.75, 3.05) is 13.2 Å². The van der Waals surface area contributed by atoms with Crippen LogP contribution in [0.4, 0.5) is 4.39 Å². The summed E-state index contributed by atoms with van der Waals surface area (Å²) in [6, 6.07) is 6.23. The lowest BCUT2D eigenvalue weighted by Crippen LogP contribution is -2.26. The van der Waals surface area contributed by atoms with Gasteiger partial charge in [0.05, 0.1) is 12.6 Å². The molecule has 1 aromatic rings. The second-order valence-corrected chi connectivity index (χ2v) is 4.14. The summed E-state index contributed by atoms with van der Waals surface area (Å²) >= 11 is 0. The fourth-order valence-electron chi connectivity index (χ4n) is 1.61. The Labute approximate surface area is 89.1 Å². The van der Waals surface area contributed by atoms with Gasteiger partial charge in [-0.15, -0.1) is 0 Å². The number of benzene rings is 1. The van der Waals surface area contributed by atoms with Crippen LogP contribution in [0.15, 0.2) is 24.3 Å². The number of halogens is 1. The minimum atomic E-state index is -0.238. The number of nitrogens with one attached hydrogen (secondary N) is 1. The van der Waals surface area contributed by atoms with Crippen LogP contribution < -0.4 is 5.32 Å². The van der Waals surface area contributed by atoms with Gasteiger partial charge in [-0.25, -0.2) is 4.39 Å². The summed E-state index contributed by atoms with van der Waals surface area (Å²) in [5, 5.41) is 12.5. The standard InChI is InChI=1S/C12H16FNO/c13-11-5-3-10(4-6-11)12(8-15)14-7-9-1-2-9/h3-6,9,12,14-15H,1-2,7-8H2. The fraction of sp³-hybridized carbons (Fsp3) is 0.500. The van der Waals surface area contributed by atoms with Gasteiger partial charge < -0.3 is 10.4 Å². The Bertz CT molecular complexity index is 308. The van der Waals surface area contributed by atoms with E-state index >= 15 is 0 Å². The van der Waals surface area contributed by atoms with Crippen molar-refractivity contribution < 1.29 is 9.50 Å². The van der Waals surface area contributed by atoms with Gasteiger partial charge >= 0.3 is 0 Å². The van der Waals surface area contributed by atoms with Crippen LogP contribution in [0.5, 0.6) is 0 Å². The molecule has 2 nitrogen and oxygen atoms in total. The van der Waals surface area contributed by atoms with Gasteiger partial charge in [0, 0.05) is 0 Å². The summed E-state index contributed by atoms with van der Waals surface area (Å²) in [5.74, 6) is 0.539. The Morgan fingerprint density at radius 3 is 2.53 bits per heavy atom. The highest BCUT2D eigenvalue weighted by atomic mass is 19.1. The number of hydrogen-bond donors (Lipinski definition) is 2. The molecule has 1 aliphatic carbocycles. The molecule has 2 rings (SSSR count). The molecule has 2 N–H and O–H groups in total. The molecule has 0 amide bonds. The lowest BCUT2D eigenvalue weighted by atomic mass is 10.1. The Morgan fingerprint density at radius 2 is 2.00 bits per heavy atom. The molecule has 1 aliphatic rings. The maximum Gasteiger partial charge on any atom is 0.123 e. The SMILES string of the molecule is OCC(NCC1CC1)c1ccc(F)cc1. The smallest absolute Gasteiger partial charge is 0.123 e. The van der Waals surface area contributed by atoms with Gasteiger partial charge in [-0.05, 0) is 43.0 Å². The molecule has 1 aromatic carbocycles.